The maximum absolute atomic E-state index is 9.65. The zero-order valence-electron chi connectivity index (χ0n) is 8.59. The van der Waals surface area contributed by atoms with Gasteiger partial charge in [0.25, 0.3) is 0 Å². The fourth-order valence-electron chi connectivity index (χ4n) is 1.07. The summed E-state index contributed by atoms with van der Waals surface area (Å²) < 4.78 is 7.95. The Hall–Kier alpha value is -0.640. The van der Waals surface area contributed by atoms with Gasteiger partial charge in [0.1, 0.15) is 0 Å². The molecule has 17 heavy (non-hydrogen) atoms. The van der Waals surface area contributed by atoms with E-state index in [-0.39, 0.29) is 0 Å². The number of H-pyrrole nitrogens is 1. The summed E-state index contributed by atoms with van der Waals surface area (Å²) in [5.41, 5.74) is 0. The highest BCUT2D eigenvalue weighted by atomic mass is 35.5. The Morgan fingerprint density at radius 2 is 1.76 bits per heavy atom. The van der Waals surface area contributed by atoms with Crippen molar-refractivity contribution < 1.29 is 19.3 Å². The molecule has 0 aliphatic heterocycles. The monoisotopic (exact) mass is 293 g/mol. The maximum Gasteiger partial charge on any atom is 0.174 e. The molecule has 1 atom stereocenters. The van der Waals surface area contributed by atoms with Crippen molar-refractivity contribution in [3.05, 3.63) is 42.7 Å². The molecule has 1 unspecified atom stereocenters. The van der Waals surface area contributed by atoms with E-state index >= 15 is 0 Å². The SMILES string of the molecule is O=P([O-])(O)C(Cl)Cl.c1ccc2c[nH+]ccc2c1. The highest BCUT2D eigenvalue weighted by molar-refractivity contribution is 7.55. The Morgan fingerprint density at radius 1 is 1.24 bits per heavy atom. The van der Waals surface area contributed by atoms with E-state index in [1.807, 2.05) is 24.5 Å². The van der Waals surface area contributed by atoms with E-state index in [1.165, 1.54) is 10.8 Å². The van der Waals surface area contributed by atoms with Crippen LogP contribution in [0.25, 0.3) is 10.8 Å². The first-order valence-corrected chi connectivity index (χ1v) is 7.09. The third kappa shape index (κ3) is 5.02. The lowest BCUT2D eigenvalue weighted by Gasteiger charge is -2.14. The number of halogens is 2. The molecule has 0 fully saturated rings. The van der Waals surface area contributed by atoms with Crippen molar-refractivity contribution in [2.75, 3.05) is 0 Å². The average Bonchev–Trinajstić information content (AvgIpc) is 2.29. The van der Waals surface area contributed by atoms with Crippen LogP contribution in [0.3, 0.4) is 0 Å². The molecular weight excluding hydrogens is 284 g/mol. The van der Waals surface area contributed by atoms with E-state index in [1.54, 1.807) is 0 Å². The number of hydrogen-bond acceptors (Lipinski definition) is 2. The van der Waals surface area contributed by atoms with Crippen LogP contribution in [-0.2, 0) is 4.57 Å². The molecule has 0 amide bonds. The third-order valence-electron chi connectivity index (χ3n) is 1.84. The number of pyridine rings is 1. The second-order valence-corrected chi connectivity index (χ2v) is 6.46. The first-order valence-electron chi connectivity index (χ1n) is 4.58. The number of hydrogen-bond donors (Lipinski definition) is 1. The number of fused-ring (bicyclic) bond motifs is 1. The summed E-state index contributed by atoms with van der Waals surface area (Å²) in [4.78, 5) is 20.5. The molecule has 2 N–H and O–H groups in total. The number of benzene rings is 1. The maximum atomic E-state index is 9.65. The normalized spacial score (nSPS) is 13.9. The zero-order chi connectivity index (χ0) is 12.9. The first-order chi connectivity index (χ1) is 7.91. The number of alkyl halides is 2. The topological polar surface area (TPSA) is 74.5 Å². The Bertz CT molecular complexity index is 464. The fraction of sp³-hybridized carbons (Fsp3) is 0.100. The highest BCUT2D eigenvalue weighted by Gasteiger charge is 2.11. The molecule has 4 nitrogen and oxygen atoms in total. The van der Waals surface area contributed by atoms with Crippen LogP contribution in [0.1, 0.15) is 0 Å². The Balaban J connectivity index is 0.000000185. The van der Waals surface area contributed by atoms with Crippen LogP contribution in [0, 0.1) is 0 Å². The van der Waals surface area contributed by atoms with Gasteiger partial charge in [-0.15, -0.1) is 0 Å². The smallest absolute Gasteiger partial charge is 0.174 e. The van der Waals surface area contributed by atoms with Crippen LogP contribution in [0.4, 0.5) is 0 Å². The first kappa shape index (κ1) is 14.4. The van der Waals surface area contributed by atoms with Gasteiger partial charge in [-0.1, -0.05) is 41.4 Å². The van der Waals surface area contributed by atoms with Crippen molar-refractivity contribution >= 4 is 41.6 Å². The van der Waals surface area contributed by atoms with Gasteiger partial charge in [-0.3, -0.25) is 0 Å². The quantitative estimate of drug-likeness (QED) is 0.645. The standard InChI is InChI=1S/C9H7N.CH3Cl2O3P/c1-2-4-9-7-10-6-5-8(9)3-1;2-1(3)7(4,5)6/h1-7H;1H,(H2,4,5,6). The van der Waals surface area contributed by atoms with Gasteiger partial charge in [0.05, 0.1) is 0 Å². The molecule has 0 saturated heterocycles. The molecule has 0 aliphatic carbocycles. The van der Waals surface area contributed by atoms with E-state index in [4.69, 9.17) is 28.1 Å². The lowest BCUT2D eigenvalue weighted by Crippen LogP contribution is -2.04. The van der Waals surface area contributed by atoms with Gasteiger partial charge in [-0.2, -0.15) is 0 Å². The van der Waals surface area contributed by atoms with Crippen molar-refractivity contribution in [1.82, 2.24) is 0 Å². The lowest BCUT2D eigenvalue weighted by atomic mass is 10.2. The largest absolute Gasteiger partial charge is 0.777 e. The molecular formula is C10H10Cl2NO3P. The Morgan fingerprint density at radius 3 is 2.24 bits per heavy atom. The predicted octanol–water partition coefficient (Wildman–Crippen LogP) is 1.95. The minimum Gasteiger partial charge on any atom is -0.777 e. The molecule has 0 saturated carbocycles. The van der Waals surface area contributed by atoms with Gasteiger partial charge >= 0.3 is 0 Å². The minimum absolute atomic E-state index is 1.25. The molecule has 0 radical (unpaired) electrons. The molecule has 0 spiro atoms. The molecule has 92 valence electrons. The van der Waals surface area contributed by atoms with Gasteiger partial charge in [0.15, 0.2) is 24.6 Å². The highest BCUT2D eigenvalue weighted by Crippen LogP contribution is 2.41. The molecule has 2 rings (SSSR count). The Labute approximate surface area is 108 Å². The zero-order valence-corrected chi connectivity index (χ0v) is 11.0. The molecule has 2 aromatic rings. The summed E-state index contributed by atoms with van der Waals surface area (Å²) >= 11 is 9.39. The summed E-state index contributed by atoms with van der Waals surface area (Å²) in [5.74, 6) is 0. The van der Waals surface area contributed by atoms with Gasteiger partial charge in [-0.05, 0) is 11.5 Å². The molecule has 0 aliphatic rings. The van der Waals surface area contributed by atoms with Crippen LogP contribution in [0.5, 0.6) is 0 Å². The Kier molecular flexibility index (Phi) is 5.37. The third-order valence-corrected chi connectivity index (χ3v) is 3.81. The van der Waals surface area contributed by atoms with Crippen LogP contribution >= 0.6 is 30.8 Å². The number of aromatic nitrogens is 1. The second-order valence-electron chi connectivity index (χ2n) is 3.12. The summed E-state index contributed by atoms with van der Waals surface area (Å²) in [6, 6.07) is 10.3. The molecule has 0 bridgehead atoms. The van der Waals surface area contributed by atoms with Crippen LogP contribution in [0.15, 0.2) is 42.7 Å². The van der Waals surface area contributed by atoms with E-state index < -0.39 is 12.2 Å². The summed E-state index contributed by atoms with van der Waals surface area (Å²) in [6.07, 6.45) is 3.93. The lowest BCUT2D eigenvalue weighted by molar-refractivity contribution is -0.375. The number of nitrogens with one attached hydrogen (secondary N) is 1. The molecule has 1 aromatic carbocycles. The van der Waals surface area contributed by atoms with E-state index in [0.717, 1.165) is 0 Å². The molecule has 1 aromatic heterocycles. The van der Waals surface area contributed by atoms with Gasteiger partial charge < -0.3 is 14.4 Å². The minimum atomic E-state index is -4.46. The molecule has 7 heteroatoms. The average molecular weight is 294 g/mol. The predicted molar refractivity (Wildman–Crippen MR) is 65.8 cm³/mol. The van der Waals surface area contributed by atoms with Crippen LogP contribution in [-0.4, -0.2) is 9.47 Å². The van der Waals surface area contributed by atoms with E-state index in [0.29, 0.717) is 0 Å². The van der Waals surface area contributed by atoms with Crippen LogP contribution in [0.2, 0.25) is 0 Å². The summed E-state index contributed by atoms with van der Waals surface area (Å²) in [5, 5.41) is 2.53. The van der Waals surface area contributed by atoms with Crippen molar-refractivity contribution in [1.29, 1.82) is 0 Å². The van der Waals surface area contributed by atoms with E-state index in [9.17, 15) is 9.46 Å². The number of aromatic amines is 1. The van der Waals surface area contributed by atoms with Gasteiger partial charge in [0, 0.05) is 11.5 Å². The summed E-state index contributed by atoms with van der Waals surface area (Å²) in [7, 11) is -4.46. The molecule has 1 heterocycles. The van der Waals surface area contributed by atoms with Crippen molar-refractivity contribution in [2.24, 2.45) is 0 Å². The fourth-order valence-corrected chi connectivity index (χ4v) is 1.07. The van der Waals surface area contributed by atoms with Crippen LogP contribution < -0.4 is 9.88 Å². The van der Waals surface area contributed by atoms with Crippen molar-refractivity contribution in [2.45, 2.75) is 4.58 Å². The summed E-state index contributed by atoms with van der Waals surface area (Å²) in [6.45, 7) is 0. The van der Waals surface area contributed by atoms with Gasteiger partial charge in [0.2, 0.25) is 0 Å². The van der Waals surface area contributed by atoms with Crippen molar-refractivity contribution in [3.8, 4) is 0 Å². The van der Waals surface area contributed by atoms with Gasteiger partial charge in [-0.25, -0.2) is 4.98 Å². The van der Waals surface area contributed by atoms with E-state index in [2.05, 4.69) is 23.2 Å². The second kappa shape index (κ2) is 6.34. The number of rotatable bonds is 1. The van der Waals surface area contributed by atoms with Crippen molar-refractivity contribution in [3.63, 3.8) is 0 Å².